The predicted octanol–water partition coefficient (Wildman–Crippen LogP) is -2.45. The third-order valence-electron chi connectivity index (χ3n) is 2.54. The molecule has 0 spiro atoms. The molecule has 8 heteroatoms. The van der Waals surface area contributed by atoms with Crippen LogP contribution >= 0.6 is 12.6 Å². The zero-order valence-corrected chi connectivity index (χ0v) is 11.3. The molecule has 0 aliphatic heterocycles. The largest absolute Gasteiger partial charge is 0.394 e. The summed E-state index contributed by atoms with van der Waals surface area (Å²) < 4.78 is 0. The number of aliphatic hydroxyl groups is 5. The second-order valence-electron chi connectivity index (χ2n) is 4.14. The average molecular weight is 283 g/mol. The monoisotopic (exact) mass is 283 g/mol. The first-order chi connectivity index (χ1) is 8.19. The third-order valence-corrected chi connectivity index (χ3v) is 2.99. The van der Waals surface area contributed by atoms with Gasteiger partial charge in [0.2, 0.25) is 4.93 Å². The molecule has 0 saturated carbocycles. The van der Waals surface area contributed by atoms with Crippen LogP contribution < -0.4 is 0 Å². The quantitative estimate of drug-likeness (QED) is 0.228. The Kier molecular flexibility index (Phi) is 7.11. The summed E-state index contributed by atoms with van der Waals surface area (Å²) in [6.45, 7) is 1.34. The molecular formula is C10H21NO6S. The zero-order valence-electron chi connectivity index (χ0n) is 10.4. The molecule has 5 N–H and O–H groups in total. The number of likely N-dealkylation sites (N-methyl/N-ethyl adjacent to an activating group) is 1. The SMILES string of the molecule is CCCN(C)C(=O)C(O)(S)C(O)C(O)C(O)CO. The van der Waals surface area contributed by atoms with E-state index < -0.39 is 35.8 Å². The van der Waals surface area contributed by atoms with Crippen molar-refractivity contribution in [3.05, 3.63) is 0 Å². The van der Waals surface area contributed by atoms with Crippen molar-refractivity contribution in [3.63, 3.8) is 0 Å². The molecule has 0 aromatic heterocycles. The molecule has 18 heavy (non-hydrogen) atoms. The Bertz CT molecular complexity index is 275. The van der Waals surface area contributed by atoms with Crippen LogP contribution in [0.4, 0.5) is 0 Å². The van der Waals surface area contributed by atoms with Gasteiger partial charge in [0.1, 0.15) is 18.3 Å². The number of carbonyl (C=O) groups is 1. The van der Waals surface area contributed by atoms with E-state index in [0.717, 1.165) is 4.90 Å². The third kappa shape index (κ3) is 4.08. The number of carbonyl (C=O) groups excluding carboxylic acids is 1. The van der Waals surface area contributed by atoms with E-state index in [9.17, 15) is 20.1 Å². The van der Waals surface area contributed by atoms with E-state index in [2.05, 4.69) is 12.6 Å². The summed E-state index contributed by atoms with van der Waals surface area (Å²) >= 11 is 3.64. The Hall–Kier alpha value is -0.380. The van der Waals surface area contributed by atoms with Gasteiger partial charge in [-0.25, -0.2) is 0 Å². The van der Waals surface area contributed by atoms with E-state index in [1.54, 1.807) is 0 Å². The fraction of sp³-hybridized carbons (Fsp3) is 0.900. The van der Waals surface area contributed by atoms with Crippen molar-refractivity contribution in [2.24, 2.45) is 0 Å². The maximum absolute atomic E-state index is 11.8. The Morgan fingerprint density at radius 2 is 1.89 bits per heavy atom. The highest BCUT2D eigenvalue weighted by molar-refractivity contribution is 7.82. The lowest BCUT2D eigenvalue weighted by atomic mass is 10.0. The van der Waals surface area contributed by atoms with Crippen LogP contribution in [0.5, 0.6) is 0 Å². The molecule has 0 aromatic carbocycles. The normalized spacial score (nSPS) is 19.8. The standard InChI is InChI=1S/C10H21NO6S/c1-3-4-11(2)9(16)10(17,18)8(15)7(14)6(13)5-12/h6-8,12-15,17-18H,3-5H2,1-2H3. The van der Waals surface area contributed by atoms with Crippen molar-refractivity contribution in [3.8, 4) is 0 Å². The number of thiol groups is 1. The highest BCUT2D eigenvalue weighted by Gasteiger charge is 2.46. The van der Waals surface area contributed by atoms with Crippen molar-refractivity contribution in [1.82, 2.24) is 4.90 Å². The van der Waals surface area contributed by atoms with Crippen LogP contribution in [0.2, 0.25) is 0 Å². The van der Waals surface area contributed by atoms with Gasteiger partial charge in [0.05, 0.1) is 6.61 Å². The Labute approximate surface area is 111 Å². The van der Waals surface area contributed by atoms with Gasteiger partial charge in [-0.05, 0) is 6.42 Å². The van der Waals surface area contributed by atoms with Crippen molar-refractivity contribution in [2.75, 3.05) is 20.2 Å². The van der Waals surface area contributed by atoms with Gasteiger partial charge < -0.3 is 30.4 Å². The van der Waals surface area contributed by atoms with Crippen LogP contribution in [0.15, 0.2) is 0 Å². The fourth-order valence-corrected chi connectivity index (χ4v) is 1.72. The maximum Gasteiger partial charge on any atom is 0.267 e. The number of rotatable bonds is 7. The van der Waals surface area contributed by atoms with Gasteiger partial charge in [-0.15, -0.1) is 12.6 Å². The molecule has 4 atom stereocenters. The van der Waals surface area contributed by atoms with Crippen molar-refractivity contribution < 1.29 is 30.3 Å². The molecule has 0 aliphatic rings. The molecular weight excluding hydrogens is 262 g/mol. The molecule has 7 nitrogen and oxygen atoms in total. The predicted molar refractivity (Wildman–Crippen MR) is 67.0 cm³/mol. The summed E-state index contributed by atoms with van der Waals surface area (Å²) in [7, 11) is 1.41. The van der Waals surface area contributed by atoms with E-state index in [-0.39, 0.29) is 0 Å². The first-order valence-corrected chi connectivity index (χ1v) is 6.00. The molecule has 0 saturated heterocycles. The fourth-order valence-electron chi connectivity index (χ4n) is 1.40. The van der Waals surface area contributed by atoms with Gasteiger partial charge >= 0.3 is 0 Å². The Balaban J connectivity index is 4.84. The Morgan fingerprint density at radius 1 is 1.39 bits per heavy atom. The molecule has 0 bridgehead atoms. The van der Waals surface area contributed by atoms with E-state index in [1.165, 1.54) is 7.05 Å². The minimum atomic E-state index is -2.54. The molecule has 108 valence electrons. The molecule has 1 amide bonds. The minimum absolute atomic E-state index is 0.340. The second kappa shape index (κ2) is 7.27. The average Bonchev–Trinajstić information content (AvgIpc) is 2.34. The van der Waals surface area contributed by atoms with Gasteiger partial charge in [0.15, 0.2) is 0 Å². The van der Waals surface area contributed by atoms with Gasteiger partial charge in [0.25, 0.3) is 5.91 Å². The number of aliphatic hydroxyl groups excluding tert-OH is 4. The van der Waals surface area contributed by atoms with Crippen LogP contribution in [0.3, 0.4) is 0 Å². The summed E-state index contributed by atoms with van der Waals surface area (Å²) in [5.41, 5.74) is 0. The molecule has 0 fully saturated rings. The topological polar surface area (TPSA) is 121 Å². The maximum atomic E-state index is 11.8. The molecule has 0 aromatic rings. The number of hydrogen-bond acceptors (Lipinski definition) is 7. The summed E-state index contributed by atoms with van der Waals surface area (Å²) in [5.74, 6) is -0.899. The van der Waals surface area contributed by atoms with Crippen molar-refractivity contribution >= 4 is 18.5 Å². The number of amides is 1. The smallest absolute Gasteiger partial charge is 0.267 e. The molecule has 0 heterocycles. The van der Waals surface area contributed by atoms with E-state index >= 15 is 0 Å². The number of hydrogen-bond donors (Lipinski definition) is 6. The summed E-state index contributed by atoms with van der Waals surface area (Å²) in [6.07, 6.45) is -4.96. The second-order valence-corrected chi connectivity index (χ2v) is 4.82. The van der Waals surface area contributed by atoms with E-state index in [4.69, 9.17) is 10.2 Å². The molecule has 0 radical (unpaired) electrons. The summed E-state index contributed by atoms with van der Waals surface area (Å²) in [6, 6.07) is 0. The lowest BCUT2D eigenvalue weighted by Gasteiger charge is -2.34. The Morgan fingerprint density at radius 3 is 2.28 bits per heavy atom. The van der Waals surface area contributed by atoms with Gasteiger partial charge in [-0.3, -0.25) is 4.79 Å². The van der Waals surface area contributed by atoms with Crippen molar-refractivity contribution in [2.45, 2.75) is 36.6 Å². The van der Waals surface area contributed by atoms with Gasteiger partial charge in [-0.1, -0.05) is 6.92 Å². The van der Waals surface area contributed by atoms with Gasteiger partial charge in [-0.2, -0.15) is 0 Å². The summed E-state index contributed by atoms with van der Waals surface area (Å²) in [4.78, 5) is 10.4. The molecule has 4 unspecified atom stereocenters. The van der Waals surface area contributed by atoms with Crippen LogP contribution in [0.1, 0.15) is 13.3 Å². The van der Waals surface area contributed by atoms with Crippen LogP contribution in [0.25, 0.3) is 0 Å². The van der Waals surface area contributed by atoms with Crippen LogP contribution in [0, 0.1) is 0 Å². The lowest BCUT2D eigenvalue weighted by molar-refractivity contribution is -0.163. The van der Waals surface area contributed by atoms with Gasteiger partial charge in [0, 0.05) is 13.6 Å². The lowest BCUT2D eigenvalue weighted by Crippen LogP contribution is -2.58. The van der Waals surface area contributed by atoms with E-state index in [1.807, 2.05) is 6.92 Å². The van der Waals surface area contributed by atoms with E-state index in [0.29, 0.717) is 13.0 Å². The molecule has 0 rings (SSSR count). The van der Waals surface area contributed by atoms with Crippen molar-refractivity contribution in [1.29, 1.82) is 0 Å². The molecule has 0 aliphatic carbocycles. The van der Waals surface area contributed by atoms with Crippen LogP contribution in [-0.4, -0.2) is 79.8 Å². The minimum Gasteiger partial charge on any atom is -0.394 e. The number of nitrogens with zero attached hydrogens (tertiary/aromatic N) is 1. The highest BCUT2D eigenvalue weighted by Crippen LogP contribution is 2.22. The summed E-state index contributed by atoms with van der Waals surface area (Å²) in [5, 5.41) is 46.7. The zero-order chi connectivity index (χ0) is 14.5. The first-order valence-electron chi connectivity index (χ1n) is 5.55. The highest BCUT2D eigenvalue weighted by atomic mass is 32.1. The first kappa shape index (κ1) is 17.6. The van der Waals surface area contributed by atoms with Crippen LogP contribution in [-0.2, 0) is 4.79 Å².